The van der Waals surface area contributed by atoms with Crippen molar-refractivity contribution in [2.24, 2.45) is 10.8 Å². The Hall–Kier alpha value is -2.16. The Kier molecular flexibility index (Phi) is 15.4. The number of carbonyl (C=O) groups is 4. The summed E-state index contributed by atoms with van der Waals surface area (Å²) in [6, 6.07) is 0. The molecule has 0 fully saturated rings. The van der Waals surface area contributed by atoms with Gasteiger partial charge < -0.3 is 23.7 Å². The molecule has 0 saturated carbocycles. The van der Waals surface area contributed by atoms with Gasteiger partial charge in [0.15, 0.2) is 0 Å². The summed E-state index contributed by atoms with van der Waals surface area (Å²) in [7, 11) is 0. The van der Waals surface area contributed by atoms with Crippen LogP contribution in [-0.4, -0.2) is 63.5 Å². The molecule has 9 heteroatoms. The summed E-state index contributed by atoms with van der Waals surface area (Å²) in [6.07, 6.45) is 2.02. The molecule has 0 aliphatic carbocycles. The van der Waals surface area contributed by atoms with Crippen LogP contribution >= 0.6 is 0 Å². The first-order chi connectivity index (χ1) is 15.6. The minimum Gasteiger partial charge on any atom is -0.465 e. The quantitative estimate of drug-likeness (QED) is 0.217. The number of esters is 4. The van der Waals surface area contributed by atoms with Gasteiger partial charge in [-0.05, 0) is 12.8 Å². The van der Waals surface area contributed by atoms with Gasteiger partial charge in [-0.1, -0.05) is 41.5 Å². The van der Waals surface area contributed by atoms with Crippen LogP contribution in [0.3, 0.4) is 0 Å². The highest BCUT2D eigenvalue weighted by molar-refractivity contribution is 5.70. The van der Waals surface area contributed by atoms with Crippen molar-refractivity contribution < 1.29 is 42.9 Å². The molecule has 0 amide bonds. The lowest BCUT2D eigenvalue weighted by molar-refractivity contribution is -0.163. The van der Waals surface area contributed by atoms with Gasteiger partial charge in [-0.15, -0.1) is 0 Å². The molecular formula is C24H42O9. The fourth-order valence-corrected chi connectivity index (χ4v) is 2.69. The topological polar surface area (TPSA) is 114 Å². The second kappa shape index (κ2) is 16.5. The smallest absolute Gasteiger partial charge is 0.305 e. The van der Waals surface area contributed by atoms with Crippen molar-refractivity contribution in [2.45, 2.75) is 80.1 Å². The van der Waals surface area contributed by atoms with E-state index >= 15 is 0 Å². The summed E-state index contributed by atoms with van der Waals surface area (Å²) in [6.45, 7) is 11.1. The lowest BCUT2D eigenvalue weighted by atomic mass is 9.86. The van der Waals surface area contributed by atoms with Crippen LogP contribution in [0.5, 0.6) is 0 Å². The molecule has 33 heavy (non-hydrogen) atoms. The summed E-state index contributed by atoms with van der Waals surface area (Å²) in [4.78, 5) is 46.9. The molecule has 0 radical (unpaired) electrons. The normalized spacial score (nSPS) is 11.6. The van der Waals surface area contributed by atoms with Crippen molar-refractivity contribution in [3.63, 3.8) is 0 Å². The van der Waals surface area contributed by atoms with E-state index in [1.54, 1.807) is 27.7 Å². The molecule has 0 aliphatic heterocycles. The lowest BCUT2D eigenvalue weighted by Crippen LogP contribution is -2.42. The molecule has 0 aromatic carbocycles. The number of hydrogen-bond donors (Lipinski definition) is 0. The molecule has 0 N–H and O–H groups in total. The SMILES string of the molecule is CCC(=O)OCC(CC)(COCC(CC)(COC(=O)CC)COC(=O)CC)COC(=O)CC. The molecular weight excluding hydrogens is 432 g/mol. The third-order valence-corrected chi connectivity index (χ3v) is 5.63. The Morgan fingerprint density at radius 2 is 0.697 bits per heavy atom. The van der Waals surface area contributed by atoms with E-state index < -0.39 is 10.8 Å². The average molecular weight is 475 g/mol. The summed E-state index contributed by atoms with van der Waals surface area (Å²) >= 11 is 0. The maximum atomic E-state index is 11.7. The van der Waals surface area contributed by atoms with Gasteiger partial charge in [0.1, 0.15) is 26.4 Å². The molecule has 192 valence electrons. The first-order valence-corrected chi connectivity index (χ1v) is 11.9. The summed E-state index contributed by atoms with van der Waals surface area (Å²) < 4.78 is 27.5. The van der Waals surface area contributed by atoms with Crippen LogP contribution in [0, 0.1) is 10.8 Å². The van der Waals surface area contributed by atoms with Crippen molar-refractivity contribution >= 4 is 23.9 Å². The molecule has 0 unspecified atom stereocenters. The molecule has 0 rings (SSSR count). The highest BCUT2D eigenvalue weighted by atomic mass is 16.6. The van der Waals surface area contributed by atoms with Gasteiger partial charge in [-0.25, -0.2) is 0 Å². The molecule has 0 heterocycles. The zero-order valence-corrected chi connectivity index (χ0v) is 21.2. The summed E-state index contributed by atoms with van der Waals surface area (Å²) in [5.41, 5.74) is -1.45. The van der Waals surface area contributed by atoms with Crippen LogP contribution < -0.4 is 0 Å². The number of rotatable bonds is 18. The lowest BCUT2D eigenvalue weighted by Gasteiger charge is -2.35. The van der Waals surface area contributed by atoms with Gasteiger partial charge >= 0.3 is 23.9 Å². The van der Waals surface area contributed by atoms with Crippen LogP contribution in [0.25, 0.3) is 0 Å². The molecule has 0 aliphatic rings. The van der Waals surface area contributed by atoms with E-state index in [2.05, 4.69) is 0 Å². The minimum absolute atomic E-state index is 0.0436. The van der Waals surface area contributed by atoms with E-state index in [0.717, 1.165) is 0 Å². The maximum absolute atomic E-state index is 11.7. The molecule has 9 nitrogen and oxygen atoms in total. The Morgan fingerprint density at radius 1 is 0.455 bits per heavy atom. The Bertz CT molecular complexity index is 523. The van der Waals surface area contributed by atoms with Gasteiger partial charge in [-0.2, -0.15) is 0 Å². The van der Waals surface area contributed by atoms with Crippen molar-refractivity contribution in [3.8, 4) is 0 Å². The predicted molar refractivity (Wildman–Crippen MR) is 121 cm³/mol. The maximum Gasteiger partial charge on any atom is 0.305 e. The Morgan fingerprint density at radius 3 is 0.879 bits per heavy atom. The minimum atomic E-state index is -0.727. The second-order valence-corrected chi connectivity index (χ2v) is 8.26. The van der Waals surface area contributed by atoms with Crippen LogP contribution in [-0.2, 0) is 42.9 Å². The first-order valence-electron chi connectivity index (χ1n) is 11.9. The largest absolute Gasteiger partial charge is 0.465 e. The van der Waals surface area contributed by atoms with Crippen LogP contribution in [0.15, 0.2) is 0 Å². The molecule has 0 bridgehead atoms. The van der Waals surface area contributed by atoms with Crippen molar-refractivity contribution in [1.29, 1.82) is 0 Å². The number of carbonyl (C=O) groups excluding carboxylic acids is 4. The van der Waals surface area contributed by atoms with Gasteiger partial charge in [-0.3, -0.25) is 19.2 Å². The highest BCUT2D eigenvalue weighted by Crippen LogP contribution is 2.29. The number of hydrogen-bond acceptors (Lipinski definition) is 9. The van der Waals surface area contributed by atoms with E-state index in [4.69, 9.17) is 23.7 Å². The zero-order chi connectivity index (χ0) is 25.3. The standard InChI is InChI=1S/C24H42O9/c1-7-19(25)30-15-23(11-5,16-31-20(26)8-2)13-29-14-24(12-6,17-32-21(27)9-3)18-33-22(28)10-4/h7-18H2,1-6H3. The molecule has 0 spiro atoms. The van der Waals surface area contributed by atoms with Crippen molar-refractivity contribution in [3.05, 3.63) is 0 Å². The third-order valence-electron chi connectivity index (χ3n) is 5.63. The summed E-state index contributed by atoms with van der Waals surface area (Å²) in [5.74, 6) is -1.41. The predicted octanol–water partition coefficient (Wildman–Crippen LogP) is 3.61. The zero-order valence-electron chi connectivity index (χ0n) is 21.2. The first kappa shape index (κ1) is 30.8. The summed E-state index contributed by atoms with van der Waals surface area (Å²) in [5, 5.41) is 0. The second-order valence-electron chi connectivity index (χ2n) is 8.26. The van der Waals surface area contributed by atoms with E-state index in [-0.39, 0.29) is 89.2 Å². The third kappa shape index (κ3) is 12.0. The monoisotopic (exact) mass is 474 g/mol. The van der Waals surface area contributed by atoms with E-state index in [9.17, 15) is 19.2 Å². The Balaban J connectivity index is 5.43. The van der Waals surface area contributed by atoms with Gasteiger partial charge in [0, 0.05) is 25.7 Å². The molecule has 0 aromatic rings. The van der Waals surface area contributed by atoms with E-state index in [1.807, 2.05) is 13.8 Å². The van der Waals surface area contributed by atoms with Crippen molar-refractivity contribution in [1.82, 2.24) is 0 Å². The van der Waals surface area contributed by atoms with Crippen LogP contribution in [0.1, 0.15) is 80.1 Å². The van der Waals surface area contributed by atoms with Gasteiger partial charge in [0.25, 0.3) is 0 Å². The molecule has 0 atom stereocenters. The van der Waals surface area contributed by atoms with Crippen LogP contribution in [0.2, 0.25) is 0 Å². The van der Waals surface area contributed by atoms with Crippen LogP contribution in [0.4, 0.5) is 0 Å². The van der Waals surface area contributed by atoms with E-state index in [0.29, 0.717) is 12.8 Å². The molecule has 0 aromatic heterocycles. The average Bonchev–Trinajstić information content (AvgIpc) is 2.85. The van der Waals surface area contributed by atoms with Gasteiger partial charge in [0.05, 0.1) is 24.0 Å². The fraction of sp³-hybridized carbons (Fsp3) is 0.833. The fourth-order valence-electron chi connectivity index (χ4n) is 2.69. The van der Waals surface area contributed by atoms with Crippen molar-refractivity contribution in [2.75, 3.05) is 39.6 Å². The van der Waals surface area contributed by atoms with E-state index in [1.165, 1.54) is 0 Å². The highest BCUT2D eigenvalue weighted by Gasteiger charge is 2.36. The van der Waals surface area contributed by atoms with Gasteiger partial charge in [0.2, 0.25) is 0 Å². The molecule has 0 saturated heterocycles. The Labute approximate surface area is 197 Å². The number of ether oxygens (including phenoxy) is 5.